The first-order chi connectivity index (χ1) is 18.0. The molecule has 12 heteroatoms. The first-order valence-corrected chi connectivity index (χ1v) is 12.9. The molecule has 12 nitrogen and oxygen atoms in total. The Bertz CT molecular complexity index is 1190. The molecule has 4 rings (SSSR count). The highest BCUT2D eigenvalue weighted by Crippen LogP contribution is 2.25. The average Bonchev–Trinajstić information content (AvgIpc) is 3.35. The van der Waals surface area contributed by atoms with Crippen LogP contribution in [0, 0.1) is 0 Å². The highest BCUT2D eigenvalue weighted by Gasteiger charge is 2.27. The highest BCUT2D eigenvalue weighted by molar-refractivity contribution is 5.94. The Morgan fingerprint density at radius 3 is 2.51 bits per heavy atom. The van der Waals surface area contributed by atoms with Crippen molar-refractivity contribution in [2.24, 2.45) is 0 Å². The lowest BCUT2D eigenvalue weighted by atomic mass is 10.1. The van der Waals surface area contributed by atoms with Gasteiger partial charge in [0.1, 0.15) is 0 Å². The summed E-state index contributed by atoms with van der Waals surface area (Å²) in [5, 5.41) is 14.7. The Morgan fingerprint density at radius 2 is 1.84 bits per heavy atom. The molecule has 198 valence electrons. The molecule has 0 radical (unpaired) electrons. The van der Waals surface area contributed by atoms with Crippen LogP contribution >= 0.6 is 0 Å². The first kappa shape index (κ1) is 26.3. The van der Waals surface area contributed by atoms with Gasteiger partial charge in [0.25, 0.3) is 5.91 Å². The van der Waals surface area contributed by atoms with E-state index in [9.17, 15) is 9.59 Å². The third kappa shape index (κ3) is 6.50. The Labute approximate surface area is 216 Å². The molecule has 1 aliphatic rings. The van der Waals surface area contributed by atoms with Gasteiger partial charge in [-0.1, -0.05) is 19.1 Å². The monoisotopic (exact) mass is 509 g/mol. The summed E-state index contributed by atoms with van der Waals surface area (Å²) in [5.74, 6) is 0.316. The molecule has 37 heavy (non-hydrogen) atoms. The van der Waals surface area contributed by atoms with E-state index < -0.39 is 0 Å². The number of fused-ring (bicyclic) bond motifs is 1. The van der Waals surface area contributed by atoms with E-state index in [1.54, 1.807) is 30.2 Å². The Balaban J connectivity index is 1.37. The van der Waals surface area contributed by atoms with E-state index >= 15 is 0 Å². The molecule has 2 N–H and O–H groups in total. The highest BCUT2D eigenvalue weighted by atomic mass is 16.6. The summed E-state index contributed by atoms with van der Waals surface area (Å²) in [6.07, 6.45) is 2.84. The summed E-state index contributed by atoms with van der Waals surface area (Å²) in [6, 6.07) is 7.28. The summed E-state index contributed by atoms with van der Waals surface area (Å²) in [4.78, 5) is 37.4. The summed E-state index contributed by atoms with van der Waals surface area (Å²) in [6.45, 7) is 10.9. The molecular formula is C25H35N9O3. The fraction of sp³-hybridized carbons (Fsp3) is 0.520. The molecule has 3 aromatic rings. The minimum absolute atomic E-state index is 0.0814. The predicted octanol–water partition coefficient (Wildman–Crippen LogP) is 2.83. The molecule has 1 saturated heterocycles. The van der Waals surface area contributed by atoms with Gasteiger partial charge in [-0.3, -0.25) is 4.79 Å². The second kappa shape index (κ2) is 12.4. The van der Waals surface area contributed by atoms with Crippen LogP contribution < -0.4 is 10.6 Å². The van der Waals surface area contributed by atoms with Gasteiger partial charge >= 0.3 is 6.09 Å². The molecule has 2 aromatic heterocycles. The molecule has 1 fully saturated rings. The first-order valence-electron chi connectivity index (χ1n) is 12.9. The number of amides is 2. The number of nitrogens with one attached hydrogen (secondary N) is 2. The maximum Gasteiger partial charge on any atom is 0.409 e. The van der Waals surface area contributed by atoms with Crippen molar-refractivity contribution in [2.75, 3.05) is 51.2 Å². The van der Waals surface area contributed by atoms with E-state index in [0.717, 1.165) is 38.2 Å². The smallest absolute Gasteiger partial charge is 0.409 e. The lowest BCUT2D eigenvalue weighted by molar-refractivity contribution is 0.0916. The van der Waals surface area contributed by atoms with E-state index in [1.165, 1.54) is 0 Å². The molecule has 0 spiro atoms. The molecule has 0 saturated carbocycles. The number of hydrogen-bond acceptors (Lipinski definition) is 9. The quantitative estimate of drug-likeness (QED) is 0.424. The van der Waals surface area contributed by atoms with Crippen molar-refractivity contribution in [3.05, 3.63) is 36.0 Å². The largest absolute Gasteiger partial charge is 0.450 e. The van der Waals surface area contributed by atoms with Gasteiger partial charge in [-0.25, -0.2) is 14.5 Å². The zero-order valence-electron chi connectivity index (χ0n) is 21.7. The van der Waals surface area contributed by atoms with Crippen molar-refractivity contribution < 1.29 is 14.3 Å². The minimum atomic E-state index is -0.277. The fourth-order valence-corrected chi connectivity index (χ4v) is 4.36. The second-order valence-electron chi connectivity index (χ2n) is 8.84. The molecule has 0 unspecified atom stereocenters. The van der Waals surface area contributed by atoms with Gasteiger partial charge in [0, 0.05) is 37.4 Å². The Kier molecular flexibility index (Phi) is 8.83. The maximum absolute atomic E-state index is 12.4. The number of anilines is 2. The molecule has 1 aliphatic heterocycles. The topological polar surface area (TPSA) is 130 Å². The number of likely N-dealkylation sites (tertiary alicyclic amines) is 1. The van der Waals surface area contributed by atoms with Crippen LogP contribution in [0.1, 0.15) is 50.0 Å². The normalized spacial score (nSPS) is 14.2. The molecule has 3 heterocycles. The number of likely N-dealkylation sites (N-methyl/N-ethyl adjacent to an activating group) is 1. The van der Waals surface area contributed by atoms with Gasteiger partial charge in [0.05, 0.1) is 18.8 Å². The van der Waals surface area contributed by atoms with E-state index in [2.05, 4.69) is 49.7 Å². The van der Waals surface area contributed by atoms with Gasteiger partial charge in [-0.2, -0.15) is 4.98 Å². The van der Waals surface area contributed by atoms with Gasteiger partial charge in [0.15, 0.2) is 11.2 Å². The van der Waals surface area contributed by atoms with Gasteiger partial charge < -0.3 is 25.2 Å². The van der Waals surface area contributed by atoms with E-state index in [-0.39, 0.29) is 18.0 Å². The van der Waals surface area contributed by atoms with E-state index in [1.807, 2.05) is 16.8 Å². The summed E-state index contributed by atoms with van der Waals surface area (Å²) in [5.41, 5.74) is 2.60. The fourth-order valence-electron chi connectivity index (χ4n) is 4.36. The molecule has 0 atom stereocenters. The maximum atomic E-state index is 12.4. The van der Waals surface area contributed by atoms with Gasteiger partial charge in [-0.15, -0.1) is 5.10 Å². The van der Waals surface area contributed by atoms with Crippen LogP contribution in [0.3, 0.4) is 0 Å². The number of ether oxygens (including phenoxy) is 1. The summed E-state index contributed by atoms with van der Waals surface area (Å²) < 4.78 is 6.92. The lowest BCUT2D eigenvalue weighted by Gasteiger charge is -2.31. The van der Waals surface area contributed by atoms with Crippen LogP contribution in [0.25, 0.3) is 11.2 Å². The van der Waals surface area contributed by atoms with Crippen LogP contribution in [-0.2, 0) is 4.74 Å². The zero-order chi connectivity index (χ0) is 26.2. The molecule has 1 aromatic carbocycles. The molecule has 0 aliphatic carbocycles. The minimum Gasteiger partial charge on any atom is -0.450 e. The molecular weight excluding hydrogens is 474 g/mol. The number of rotatable bonds is 10. The van der Waals surface area contributed by atoms with Crippen molar-refractivity contribution in [1.82, 2.24) is 40.1 Å². The van der Waals surface area contributed by atoms with Crippen LogP contribution in [0.5, 0.6) is 0 Å². The van der Waals surface area contributed by atoms with Crippen molar-refractivity contribution in [2.45, 2.75) is 39.7 Å². The number of benzene rings is 1. The number of aromatic nitrogens is 5. The summed E-state index contributed by atoms with van der Waals surface area (Å²) >= 11 is 0. The van der Waals surface area contributed by atoms with E-state index in [0.29, 0.717) is 48.9 Å². The van der Waals surface area contributed by atoms with Crippen molar-refractivity contribution in [3.8, 4) is 0 Å². The average molecular weight is 510 g/mol. The molecule has 0 bridgehead atoms. The van der Waals surface area contributed by atoms with Crippen molar-refractivity contribution in [3.63, 3.8) is 0 Å². The third-order valence-electron chi connectivity index (χ3n) is 6.56. The van der Waals surface area contributed by atoms with Crippen molar-refractivity contribution >= 4 is 34.8 Å². The number of hydrogen-bond donors (Lipinski definition) is 2. The third-order valence-corrected chi connectivity index (χ3v) is 6.56. The zero-order valence-corrected chi connectivity index (χ0v) is 21.7. The van der Waals surface area contributed by atoms with E-state index in [4.69, 9.17) is 4.74 Å². The summed E-state index contributed by atoms with van der Waals surface area (Å²) in [7, 11) is 0. The van der Waals surface area contributed by atoms with Gasteiger partial charge in [0.2, 0.25) is 5.95 Å². The number of nitrogens with zero attached hydrogens (tertiary/aromatic N) is 7. The standard InChI is InChI=1S/C25H35N9O3/c1-4-32(5-2)16-13-26-23(35)18-7-9-19(10-8-18)28-24-27-17-21-22(29-24)34(31-30-21)20-11-14-33(15-12-20)25(36)37-6-3/h7-10,17,20H,4-6,11-16H2,1-3H3,(H,26,35)(H,27,28,29). The van der Waals surface area contributed by atoms with Crippen LogP contribution in [0.15, 0.2) is 30.5 Å². The molecule has 2 amide bonds. The Hall–Kier alpha value is -3.80. The number of carbonyl (C=O) groups excluding carboxylic acids is 2. The van der Waals surface area contributed by atoms with Crippen molar-refractivity contribution in [1.29, 1.82) is 0 Å². The van der Waals surface area contributed by atoms with Crippen LogP contribution in [-0.4, -0.2) is 92.6 Å². The SMILES string of the molecule is CCOC(=O)N1CCC(n2nnc3cnc(Nc4ccc(C(=O)NCCN(CC)CC)cc4)nc32)CC1. The lowest BCUT2D eigenvalue weighted by Crippen LogP contribution is -2.39. The number of piperidine rings is 1. The van der Waals surface area contributed by atoms with Crippen LogP contribution in [0.2, 0.25) is 0 Å². The number of carbonyl (C=O) groups is 2. The second-order valence-corrected chi connectivity index (χ2v) is 8.84. The van der Waals surface area contributed by atoms with Gasteiger partial charge in [-0.05, 0) is 57.1 Å². The predicted molar refractivity (Wildman–Crippen MR) is 140 cm³/mol. The van der Waals surface area contributed by atoms with Crippen LogP contribution in [0.4, 0.5) is 16.4 Å². The Morgan fingerprint density at radius 1 is 1.11 bits per heavy atom.